The third-order valence-corrected chi connectivity index (χ3v) is 5.88. The van der Waals surface area contributed by atoms with Crippen LogP contribution in [0.5, 0.6) is 0 Å². The van der Waals surface area contributed by atoms with E-state index in [9.17, 15) is 8.42 Å². The predicted octanol–water partition coefficient (Wildman–Crippen LogP) is 3.32. The van der Waals surface area contributed by atoms with E-state index in [1.54, 1.807) is 28.9 Å². The molecular formula is C22H21N5O2S. The maximum absolute atomic E-state index is 12.7. The van der Waals surface area contributed by atoms with Gasteiger partial charge in [0.2, 0.25) is 0 Å². The van der Waals surface area contributed by atoms with Gasteiger partial charge in [-0.1, -0.05) is 65.4 Å². The molecule has 0 aliphatic rings. The number of hydrogen-bond donors (Lipinski definition) is 1. The lowest BCUT2D eigenvalue weighted by molar-refractivity contribution is 0.583. The Morgan fingerprint density at radius 1 is 0.967 bits per heavy atom. The summed E-state index contributed by atoms with van der Waals surface area (Å²) in [5.74, 6) is 0. The quantitative estimate of drug-likeness (QED) is 0.368. The summed E-state index contributed by atoms with van der Waals surface area (Å²) in [6.45, 7) is 2.22. The van der Waals surface area contributed by atoms with E-state index in [4.69, 9.17) is 0 Å². The third-order valence-electron chi connectivity index (χ3n) is 4.66. The van der Waals surface area contributed by atoms with Crippen molar-refractivity contribution in [3.63, 3.8) is 0 Å². The smallest absolute Gasteiger partial charge is 0.239 e. The van der Waals surface area contributed by atoms with Crippen LogP contribution in [0.2, 0.25) is 0 Å². The van der Waals surface area contributed by atoms with E-state index in [-0.39, 0.29) is 4.90 Å². The lowest BCUT2D eigenvalue weighted by Gasteiger charge is -2.10. The van der Waals surface area contributed by atoms with Crippen LogP contribution in [0, 0.1) is 6.92 Å². The van der Waals surface area contributed by atoms with Crippen LogP contribution in [-0.4, -0.2) is 29.1 Å². The molecule has 4 rings (SSSR count). The molecule has 0 atom stereocenters. The van der Waals surface area contributed by atoms with Crippen molar-refractivity contribution >= 4 is 26.8 Å². The molecular weight excluding hydrogens is 398 g/mol. The average molecular weight is 420 g/mol. The van der Waals surface area contributed by atoms with Gasteiger partial charge in [0, 0.05) is 6.42 Å². The van der Waals surface area contributed by atoms with E-state index in [0.29, 0.717) is 18.7 Å². The Kier molecular flexibility index (Phi) is 5.58. The Bertz CT molecular complexity index is 1280. The summed E-state index contributed by atoms with van der Waals surface area (Å²) in [4.78, 5) is 2.54. The fourth-order valence-electron chi connectivity index (χ4n) is 3.06. The molecule has 0 unspecified atom stereocenters. The molecule has 1 heterocycles. The Labute approximate surface area is 175 Å². The van der Waals surface area contributed by atoms with Crippen molar-refractivity contribution in [2.45, 2.75) is 24.8 Å². The molecule has 7 nitrogen and oxygen atoms in total. The van der Waals surface area contributed by atoms with Crippen LogP contribution < -0.4 is 4.83 Å². The highest BCUT2D eigenvalue weighted by Crippen LogP contribution is 2.12. The van der Waals surface area contributed by atoms with E-state index >= 15 is 0 Å². The topological polar surface area (TPSA) is 89.2 Å². The highest BCUT2D eigenvalue weighted by Gasteiger charge is 2.14. The number of fused-ring (bicyclic) bond motifs is 1. The van der Waals surface area contributed by atoms with Gasteiger partial charge >= 0.3 is 0 Å². The molecule has 30 heavy (non-hydrogen) atoms. The number of nitrogens with zero attached hydrogens (tertiary/aromatic N) is 4. The SMILES string of the molecule is Cc1ccc(S(=O)(=O)N/N=C(/Cc2ccccc2)Cn2nnc3ccccc32)cc1. The second-order valence-corrected chi connectivity index (χ2v) is 8.64. The van der Waals surface area contributed by atoms with Crippen molar-refractivity contribution in [3.8, 4) is 0 Å². The first kappa shape index (κ1) is 19.8. The Morgan fingerprint density at radius 2 is 1.67 bits per heavy atom. The minimum atomic E-state index is -3.77. The second-order valence-electron chi connectivity index (χ2n) is 6.98. The zero-order valence-electron chi connectivity index (χ0n) is 16.4. The van der Waals surface area contributed by atoms with Crippen LogP contribution in [0.25, 0.3) is 11.0 Å². The number of benzene rings is 3. The summed E-state index contributed by atoms with van der Waals surface area (Å²) in [5.41, 5.74) is 4.26. The predicted molar refractivity (Wildman–Crippen MR) is 117 cm³/mol. The number of para-hydroxylation sites is 1. The standard InChI is InChI=1S/C22H21N5O2S/c1-17-11-13-20(14-12-17)30(28,29)26-23-19(15-18-7-3-2-4-8-18)16-27-22-10-6-5-9-21(22)24-25-27/h2-14,26H,15-16H2,1H3/b23-19-. The first-order chi connectivity index (χ1) is 14.5. The summed E-state index contributed by atoms with van der Waals surface area (Å²) in [7, 11) is -3.77. The van der Waals surface area contributed by atoms with Gasteiger partial charge in [-0.15, -0.1) is 5.10 Å². The van der Waals surface area contributed by atoms with Crippen LogP contribution in [0.4, 0.5) is 0 Å². The summed E-state index contributed by atoms with van der Waals surface area (Å²) >= 11 is 0. The molecule has 8 heteroatoms. The van der Waals surface area contributed by atoms with E-state index in [0.717, 1.165) is 22.2 Å². The Morgan fingerprint density at radius 3 is 2.43 bits per heavy atom. The van der Waals surface area contributed by atoms with Gasteiger partial charge in [-0.3, -0.25) is 0 Å². The van der Waals surface area contributed by atoms with Gasteiger partial charge in [-0.05, 0) is 36.8 Å². The molecule has 0 fully saturated rings. The fraction of sp³-hybridized carbons (Fsp3) is 0.136. The molecule has 0 radical (unpaired) electrons. The van der Waals surface area contributed by atoms with Gasteiger partial charge in [0.15, 0.2) is 0 Å². The average Bonchev–Trinajstić information content (AvgIpc) is 3.16. The molecule has 0 saturated heterocycles. The molecule has 0 spiro atoms. The third kappa shape index (κ3) is 4.55. The van der Waals surface area contributed by atoms with Crippen molar-refractivity contribution in [1.82, 2.24) is 19.8 Å². The zero-order chi connectivity index (χ0) is 21.0. The number of sulfonamides is 1. The highest BCUT2D eigenvalue weighted by atomic mass is 32.2. The molecule has 0 saturated carbocycles. The van der Waals surface area contributed by atoms with Gasteiger partial charge in [0.05, 0.1) is 22.7 Å². The number of rotatable bonds is 7. The molecule has 1 aromatic heterocycles. The fourth-order valence-corrected chi connectivity index (χ4v) is 3.91. The van der Waals surface area contributed by atoms with Gasteiger partial charge in [-0.2, -0.15) is 13.5 Å². The van der Waals surface area contributed by atoms with Gasteiger partial charge in [-0.25, -0.2) is 9.51 Å². The number of hydrogen-bond acceptors (Lipinski definition) is 5. The van der Waals surface area contributed by atoms with Crippen LogP contribution in [0.3, 0.4) is 0 Å². The molecule has 4 aromatic rings. The van der Waals surface area contributed by atoms with Crippen LogP contribution in [0.1, 0.15) is 11.1 Å². The van der Waals surface area contributed by atoms with E-state index in [2.05, 4.69) is 20.2 Å². The molecule has 0 aliphatic carbocycles. The lowest BCUT2D eigenvalue weighted by atomic mass is 10.1. The maximum Gasteiger partial charge on any atom is 0.276 e. The molecule has 0 bridgehead atoms. The summed E-state index contributed by atoms with van der Waals surface area (Å²) in [6.07, 6.45) is 0.478. The minimum absolute atomic E-state index is 0.169. The Hall–Kier alpha value is -3.52. The number of hydrazone groups is 1. The molecule has 1 N–H and O–H groups in total. The van der Waals surface area contributed by atoms with E-state index < -0.39 is 10.0 Å². The van der Waals surface area contributed by atoms with Gasteiger partial charge in [0.25, 0.3) is 10.0 Å². The van der Waals surface area contributed by atoms with Crippen LogP contribution in [0.15, 0.2) is 88.9 Å². The van der Waals surface area contributed by atoms with Gasteiger partial charge in [0.1, 0.15) is 5.52 Å². The Balaban J connectivity index is 1.63. The van der Waals surface area contributed by atoms with Crippen LogP contribution in [-0.2, 0) is 23.0 Å². The monoisotopic (exact) mass is 419 g/mol. The number of aromatic nitrogens is 3. The largest absolute Gasteiger partial charge is 0.276 e. The summed E-state index contributed by atoms with van der Waals surface area (Å²) in [6, 6.07) is 24.0. The number of nitrogens with one attached hydrogen (secondary N) is 1. The summed E-state index contributed by atoms with van der Waals surface area (Å²) < 4.78 is 27.0. The zero-order valence-corrected chi connectivity index (χ0v) is 17.2. The van der Waals surface area contributed by atoms with Crippen molar-refractivity contribution in [1.29, 1.82) is 0 Å². The van der Waals surface area contributed by atoms with E-state index in [1.807, 2.05) is 61.5 Å². The minimum Gasteiger partial charge on any atom is -0.239 e. The van der Waals surface area contributed by atoms with Crippen molar-refractivity contribution in [2.24, 2.45) is 5.10 Å². The molecule has 3 aromatic carbocycles. The van der Waals surface area contributed by atoms with E-state index in [1.165, 1.54) is 0 Å². The van der Waals surface area contributed by atoms with Crippen molar-refractivity contribution in [2.75, 3.05) is 0 Å². The lowest BCUT2D eigenvalue weighted by Crippen LogP contribution is -2.23. The highest BCUT2D eigenvalue weighted by molar-refractivity contribution is 7.89. The van der Waals surface area contributed by atoms with Crippen molar-refractivity contribution in [3.05, 3.63) is 90.0 Å². The molecule has 152 valence electrons. The van der Waals surface area contributed by atoms with Crippen LogP contribution >= 0.6 is 0 Å². The molecule has 0 amide bonds. The molecule has 0 aliphatic heterocycles. The summed E-state index contributed by atoms with van der Waals surface area (Å²) in [5, 5.41) is 12.6. The van der Waals surface area contributed by atoms with Crippen molar-refractivity contribution < 1.29 is 8.42 Å². The first-order valence-electron chi connectivity index (χ1n) is 9.47. The van der Waals surface area contributed by atoms with Gasteiger partial charge < -0.3 is 0 Å². The second kappa shape index (κ2) is 8.46. The first-order valence-corrected chi connectivity index (χ1v) is 11.0. The normalized spacial score (nSPS) is 12.2. The number of aryl methyl sites for hydroxylation is 1. The maximum atomic E-state index is 12.7.